The quantitative estimate of drug-likeness (QED) is 0.649. The van der Waals surface area contributed by atoms with Crippen molar-refractivity contribution in [2.75, 3.05) is 13.7 Å². The summed E-state index contributed by atoms with van der Waals surface area (Å²) in [6.07, 6.45) is 2.24. The molecule has 0 aliphatic heterocycles. The van der Waals surface area contributed by atoms with Crippen LogP contribution in [0, 0.1) is 17.2 Å². The fraction of sp³-hybridized carbons (Fsp3) is 0.875. The minimum Gasteiger partial charge on any atom is -0.386 e. The van der Waals surface area contributed by atoms with Crippen LogP contribution in [0.5, 0.6) is 0 Å². The first-order valence-electron chi connectivity index (χ1n) is 3.81. The summed E-state index contributed by atoms with van der Waals surface area (Å²) >= 11 is 0. The van der Waals surface area contributed by atoms with Crippen LogP contribution in [0.25, 0.3) is 0 Å². The van der Waals surface area contributed by atoms with Gasteiger partial charge in [-0.05, 0) is 18.8 Å². The van der Waals surface area contributed by atoms with E-state index in [-0.39, 0.29) is 13.0 Å². The summed E-state index contributed by atoms with van der Waals surface area (Å²) in [7, 11) is 1.55. The highest BCUT2D eigenvalue weighted by Gasteiger charge is 2.43. The largest absolute Gasteiger partial charge is 0.386 e. The van der Waals surface area contributed by atoms with Crippen molar-refractivity contribution in [3.63, 3.8) is 0 Å². The van der Waals surface area contributed by atoms with E-state index in [0.717, 1.165) is 12.8 Å². The van der Waals surface area contributed by atoms with Crippen molar-refractivity contribution >= 4 is 0 Å². The molecule has 0 amide bonds. The molecule has 1 atom stereocenters. The molecule has 0 radical (unpaired) electrons. The minimum absolute atomic E-state index is 0.186. The van der Waals surface area contributed by atoms with Crippen molar-refractivity contribution in [1.29, 1.82) is 5.26 Å². The lowest BCUT2D eigenvalue weighted by Crippen LogP contribution is -2.36. The molecule has 3 heteroatoms. The van der Waals surface area contributed by atoms with Gasteiger partial charge in [-0.3, -0.25) is 0 Å². The van der Waals surface area contributed by atoms with E-state index in [1.165, 1.54) is 0 Å². The molecule has 1 N–H and O–H groups in total. The molecule has 0 aromatic carbocycles. The summed E-state index contributed by atoms with van der Waals surface area (Å²) in [5, 5.41) is 18.2. The Hall–Kier alpha value is -0.590. The number of rotatable bonds is 4. The van der Waals surface area contributed by atoms with Gasteiger partial charge in [0.1, 0.15) is 5.60 Å². The molecular weight excluding hydrogens is 142 g/mol. The zero-order valence-electron chi connectivity index (χ0n) is 6.71. The zero-order chi connectivity index (χ0) is 8.32. The molecular formula is C8H13NO2. The summed E-state index contributed by atoms with van der Waals surface area (Å²) < 4.78 is 4.86. The Morgan fingerprint density at radius 2 is 2.36 bits per heavy atom. The molecule has 1 fully saturated rings. The molecule has 11 heavy (non-hydrogen) atoms. The second kappa shape index (κ2) is 3.21. The van der Waals surface area contributed by atoms with Crippen molar-refractivity contribution in [1.82, 2.24) is 0 Å². The predicted molar refractivity (Wildman–Crippen MR) is 39.8 cm³/mol. The molecule has 1 aliphatic carbocycles. The molecule has 0 saturated heterocycles. The number of methoxy groups -OCH3 is 1. The fourth-order valence-corrected chi connectivity index (χ4v) is 1.32. The summed E-state index contributed by atoms with van der Waals surface area (Å²) in [4.78, 5) is 0. The maximum Gasteiger partial charge on any atom is 0.104 e. The van der Waals surface area contributed by atoms with Crippen molar-refractivity contribution in [3.05, 3.63) is 0 Å². The van der Waals surface area contributed by atoms with Gasteiger partial charge in [0.05, 0.1) is 19.1 Å². The van der Waals surface area contributed by atoms with E-state index in [2.05, 4.69) is 0 Å². The van der Waals surface area contributed by atoms with Gasteiger partial charge in [-0.15, -0.1) is 0 Å². The zero-order valence-corrected chi connectivity index (χ0v) is 6.71. The Morgan fingerprint density at radius 1 is 1.73 bits per heavy atom. The smallest absolute Gasteiger partial charge is 0.104 e. The first-order chi connectivity index (χ1) is 5.23. The number of ether oxygens (including phenoxy) is 1. The number of nitriles is 1. The average molecular weight is 155 g/mol. The van der Waals surface area contributed by atoms with Crippen LogP contribution in [-0.4, -0.2) is 24.4 Å². The third-order valence-corrected chi connectivity index (χ3v) is 2.12. The third-order valence-electron chi connectivity index (χ3n) is 2.12. The van der Waals surface area contributed by atoms with Gasteiger partial charge in [0.15, 0.2) is 0 Å². The average Bonchev–Trinajstić information content (AvgIpc) is 2.68. The number of hydrogen-bond acceptors (Lipinski definition) is 3. The van der Waals surface area contributed by atoms with Crippen LogP contribution in [0.2, 0.25) is 0 Å². The SMILES string of the molecule is COCC(O)(CC#N)C1CC1. The van der Waals surface area contributed by atoms with Crippen LogP contribution in [0.1, 0.15) is 19.3 Å². The van der Waals surface area contributed by atoms with E-state index in [0.29, 0.717) is 5.92 Å². The standard InChI is InChI=1S/C8H13NO2/c1-11-6-8(10,4-5-9)7-2-3-7/h7,10H,2-4,6H2,1H3. The Kier molecular flexibility index (Phi) is 2.48. The molecule has 3 nitrogen and oxygen atoms in total. The second-order valence-electron chi connectivity index (χ2n) is 3.15. The monoisotopic (exact) mass is 155 g/mol. The van der Waals surface area contributed by atoms with Crippen molar-refractivity contribution in [3.8, 4) is 6.07 Å². The molecule has 1 saturated carbocycles. The third kappa shape index (κ3) is 1.92. The summed E-state index contributed by atoms with van der Waals surface area (Å²) in [5.74, 6) is 0.294. The van der Waals surface area contributed by atoms with Gasteiger partial charge in [0.25, 0.3) is 0 Å². The Morgan fingerprint density at radius 3 is 2.73 bits per heavy atom. The van der Waals surface area contributed by atoms with Crippen LogP contribution < -0.4 is 0 Å². The first kappa shape index (κ1) is 8.51. The number of nitrogens with zero attached hydrogens (tertiary/aromatic N) is 1. The molecule has 0 aromatic rings. The molecule has 0 bridgehead atoms. The number of aliphatic hydroxyl groups is 1. The maximum atomic E-state index is 9.80. The van der Waals surface area contributed by atoms with Gasteiger partial charge >= 0.3 is 0 Å². The van der Waals surface area contributed by atoms with E-state index in [1.54, 1.807) is 7.11 Å². The highest BCUT2D eigenvalue weighted by molar-refractivity contribution is 4.99. The Bertz CT molecular complexity index is 171. The summed E-state index contributed by atoms with van der Waals surface area (Å²) in [6.45, 7) is 0.283. The molecule has 62 valence electrons. The molecule has 1 rings (SSSR count). The van der Waals surface area contributed by atoms with Crippen LogP contribution in [-0.2, 0) is 4.74 Å². The van der Waals surface area contributed by atoms with E-state index in [1.807, 2.05) is 6.07 Å². The Balaban J connectivity index is 2.47. The Labute approximate surface area is 66.6 Å². The van der Waals surface area contributed by atoms with Crippen LogP contribution >= 0.6 is 0 Å². The highest BCUT2D eigenvalue weighted by atomic mass is 16.5. The fourth-order valence-electron chi connectivity index (χ4n) is 1.32. The van der Waals surface area contributed by atoms with Crippen LogP contribution in [0.15, 0.2) is 0 Å². The van der Waals surface area contributed by atoms with Gasteiger partial charge in [-0.2, -0.15) is 5.26 Å². The molecule has 1 unspecified atom stereocenters. The van der Waals surface area contributed by atoms with Gasteiger partial charge in [0.2, 0.25) is 0 Å². The lowest BCUT2D eigenvalue weighted by Gasteiger charge is -2.23. The van der Waals surface area contributed by atoms with Crippen molar-refractivity contribution in [2.24, 2.45) is 5.92 Å². The highest BCUT2D eigenvalue weighted by Crippen LogP contribution is 2.41. The summed E-state index contributed by atoms with van der Waals surface area (Å²) in [6, 6.07) is 1.98. The van der Waals surface area contributed by atoms with Gasteiger partial charge in [0, 0.05) is 7.11 Å². The van der Waals surface area contributed by atoms with E-state index in [9.17, 15) is 5.11 Å². The first-order valence-corrected chi connectivity index (χ1v) is 3.81. The maximum absolute atomic E-state index is 9.80. The molecule has 0 aromatic heterocycles. The predicted octanol–water partition coefficient (Wildman–Crippen LogP) is 0.688. The van der Waals surface area contributed by atoms with Gasteiger partial charge < -0.3 is 9.84 Å². The summed E-state index contributed by atoms with van der Waals surface area (Å²) in [5.41, 5.74) is -0.872. The lowest BCUT2D eigenvalue weighted by atomic mass is 9.96. The minimum atomic E-state index is -0.872. The van der Waals surface area contributed by atoms with Gasteiger partial charge in [-0.25, -0.2) is 0 Å². The molecule has 1 aliphatic rings. The van der Waals surface area contributed by atoms with E-state index in [4.69, 9.17) is 10.00 Å². The molecule has 0 spiro atoms. The lowest BCUT2D eigenvalue weighted by molar-refractivity contribution is -0.0442. The van der Waals surface area contributed by atoms with Crippen molar-refractivity contribution < 1.29 is 9.84 Å². The van der Waals surface area contributed by atoms with Crippen molar-refractivity contribution in [2.45, 2.75) is 24.9 Å². The van der Waals surface area contributed by atoms with Crippen LogP contribution in [0.3, 0.4) is 0 Å². The van der Waals surface area contributed by atoms with E-state index < -0.39 is 5.60 Å². The topological polar surface area (TPSA) is 53.2 Å². The second-order valence-corrected chi connectivity index (χ2v) is 3.15. The van der Waals surface area contributed by atoms with E-state index >= 15 is 0 Å². The molecule has 0 heterocycles. The van der Waals surface area contributed by atoms with Gasteiger partial charge in [-0.1, -0.05) is 0 Å². The number of hydrogen-bond donors (Lipinski definition) is 1. The normalized spacial score (nSPS) is 22.3. The van der Waals surface area contributed by atoms with Crippen LogP contribution in [0.4, 0.5) is 0 Å².